The van der Waals surface area contributed by atoms with Crippen molar-refractivity contribution in [1.82, 2.24) is 9.55 Å². The molecule has 0 aliphatic carbocycles. The fourth-order valence-electron chi connectivity index (χ4n) is 2.65. The second-order valence-electron chi connectivity index (χ2n) is 5.61. The number of nitrogens with zero attached hydrogens (tertiary/aromatic N) is 1. The predicted octanol–water partition coefficient (Wildman–Crippen LogP) is 0.890. The smallest absolute Gasteiger partial charge is 0.331 e. The Balaban J connectivity index is 2.75. The SMILES string of the molecule is CC(C)c1c(O)n(C2(C)CCOC2C)c(=O)[nH]c1=O. The van der Waals surface area contributed by atoms with Crippen LogP contribution < -0.4 is 11.2 Å². The lowest BCUT2D eigenvalue weighted by Crippen LogP contribution is -2.47. The molecular formula is C13H20N2O4. The largest absolute Gasteiger partial charge is 0.494 e. The van der Waals surface area contributed by atoms with Crippen LogP contribution in [0.5, 0.6) is 5.88 Å². The van der Waals surface area contributed by atoms with Crippen molar-refractivity contribution in [1.29, 1.82) is 0 Å². The average Bonchev–Trinajstić information content (AvgIpc) is 2.57. The van der Waals surface area contributed by atoms with E-state index >= 15 is 0 Å². The third-order valence-corrected chi connectivity index (χ3v) is 4.06. The molecule has 2 atom stereocenters. The van der Waals surface area contributed by atoms with Gasteiger partial charge in [-0.15, -0.1) is 0 Å². The predicted molar refractivity (Wildman–Crippen MR) is 70.8 cm³/mol. The third kappa shape index (κ3) is 2.00. The van der Waals surface area contributed by atoms with E-state index in [1.165, 1.54) is 4.57 Å². The molecule has 1 saturated heterocycles. The zero-order valence-electron chi connectivity index (χ0n) is 11.7. The summed E-state index contributed by atoms with van der Waals surface area (Å²) in [7, 11) is 0. The molecule has 6 nitrogen and oxygen atoms in total. The lowest BCUT2D eigenvalue weighted by atomic mass is 9.93. The van der Waals surface area contributed by atoms with Gasteiger partial charge in [-0.1, -0.05) is 13.8 Å². The first-order chi connectivity index (χ1) is 8.79. The molecule has 1 aromatic heterocycles. The summed E-state index contributed by atoms with van der Waals surface area (Å²) < 4.78 is 6.77. The van der Waals surface area contributed by atoms with E-state index in [1.807, 2.05) is 13.8 Å². The number of hydrogen-bond acceptors (Lipinski definition) is 4. The summed E-state index contributed by atoms with van der Waals surface area (Å²) >= 11 is 0. The molecule has 0 bridgehead atoms. The summed E-state index contributed by atoms with van der Waals surface area (Å²) in [4.78, 5) is 26.1. The summed E-state index contributed by atoms with van der Waals surface area (Å²) in [5.41, 5.74) is -1.52. The maximum Gasteiger partial charge on any atom is 0.331 e. The van der Waals surface area contributed by atoms with E-state index in [9.17, 15) is 14.7 Å². The molecular weight excluding hydrogens is 248 g/mol. The van der Waals surface area contributed by atoms with Crippen molar-refractivity contribution in [3.63, 3.8) is 0 Å². The lowest BCUT2D eigenvalue weighted by Gasteiger charge is -2.31. The molecule has 2 heterocycles. The van der Waals surface area contributed by atoms with Gasteiger partial charge in [0.25, 0.3) is 5.56 Å². The number of rotatable bonds is 2. The van der Waals surface area contributed by atoms with Crippen molar-refractivity contribution < 1.29 is 9.84 Å². The Hall–Kier alpha value is -1.56. The van der Waals surface area contributed by atoms with Gasteiger partial charge < -0.3 is 9.84 Å². The molecule has 0 radical (unpaired) electrons. The molecule has 1 aromatic rings. The first kappa shape index (κ1) is 13.9. The van der Waals surface area contributed by atoms with Crippen molar-refractivity contribution in [3.05, 3.63) is 26.4 Å². The van der Waals surface area contributed by atoms with Crippen LogP contribution in [-0.4, -0.2) is 27.4 Å². The number of aromatic hydroxyl groups is 1. The summed E-state index contributed by atoms with van der Waals surface area (Å²) in [6.07, 6.45) is 0.410. The first-order valence-electron chi connectivity index (χ1n) is 6.49. The van der Waals surface area contributed by atoms with Gasteiger partial charge in [-0.2, -0.15) is 0 Å². The first-order valence-corrected chi connectivity index (χ1v) is 6.49. The van der Waals surface area contributed by atoms with Crippen LogP contribution >= 0.6 is 0 Å². The van der Waals surface area contributed by atoms with Crippen LogP contribution in [0.25, 0.3) is 0 Å². The Morgan fingerprint density at radius 3 is 2.58 bits per heavy atom. The van der Waals surface area contributed by atoms with E-state index < -0.39 is 16.8 Å². The minimum absolute atomic E-state index is 0.170. The van der Waals surface area contributed by atoms with Crippen LogP contribution in [-0.2, 0) is 10.3 Å². The van der Waals surface area contributed by atoms with Gasteiger partial charge in [0.15, 0.2) is 0 Å². The third-order valence-electron chi connectivity index (χ3n) is 4.06. The normalized spacial score (nSPS) is 27.1. The Kier molecular flexibility index (Phi) is 3.30. The molecule has 2 unspecified atom stereocenters. The number of ether oxygens (including phenoxy) is 1. The summed E-state index contributed by atoms with van der Waals surface area (Å²) in [5.74, 6) is -0.416. The van der Waals surface area contributed by atoms with Crippen molar-refractivity contribution in [2.45, 2.75) is 51.7 Å². The standard InChI is InChI=1S/C13H20N2O4/c1-7(2)9-10(16)14-12(18)15(11(9)17)13(4)5-6-19-8(13)3/h7-8,17H,5-6H2,1-4H3,(H,14,16,18). The number of aromatic amines is 1. The number of aromatic nitrogens is 2. The van der Waals surface area contributed by atoms with E-state index in [4.69, 9.17) is 4.74 Å². The van der Waals surface area contributed by atoms with Gasteiger partial charge in [0.05, 0.1) is 17.2 Å². The van der Waals surface area contributed by atoms with E-state index in [2.05, 4.69) is 4.98 Å². The second kappa shape index (κ2) is 4.52. The molecule has 1 aliphatic rings. The fraction of sp³-hybridized carbons (Fsp3) is 0.692. The zero-order chi connectivity index (χ0) is 14.4. The van der Waals surface area contributed by atoms with E-state index in [1.54, 1.807) is 13.8 Å². The summed E-state index contributed by atoms with van der Waals surface area (Å²) in [6, 6.07) is 0. The van der Waals surface area contributed by atoms with Gasteiger partial charge >= 0.3 is 5.69 Å². The highest BCUT2D eigenvalue weighted by Gasteiger charge is 2.42. The summed E-state index contributed by atoms with van der Waals surface area (Å²) in [5, 5.41) is 10.4. The van der Waals surface area contributed by atoms with Gasteiger partial charge in [0.2, 0.25) is 5.88 Å². The van der Waals surface area contributed by atoms with Crippen molar-refractivity contribution in [2.24, 2.45) is 0 Å². The van der Waals surface area contributed by atoms with E-state index in [0.29, 0.717) is 13.0 Å². The monoisotopic (exact) mass is 268 g/mol. The van der Waals surface area contributed by atoms with Crippen LogP contribution in [0.15, 0.2) is 9.59 Å². The molecule has 2 rings (SSSR count). The van der Waals surface area contributed by atoms with Crippen LogP contribution in [0, 0.1) is 0 Å². The highest BCUT2D eigenvalue weighted by atomic mass is 16.5. The van der Waals surface area contributed by atoms with Gasteiger partial charge in [-0.05, 0) is 26.2 Å². The fourth-order valence-corrected chi connectivity index (χ4v) is 2.65. The molecule has 2 N–H and O–H groups in total. The van der Waals surface area contributed by atoms with Crippen LogP contribution in [0.1, 0.15) is 45.6 Å². The van der Waals surface area contributed by atoms with Gasteiger partial charge in [-0.25, -0.2) is 4.79 Å². The molecule has 0 saturated carbocycles. The highest BCUT2D eigenvalue weighted by Crippen LogP contribution is 2.35. The van der Waals surface area contributed by atoms with Crippen LogP contribution in [0.3, 0.4) is 0 Å². The Labute approximate surface area is 111 Å². The van der Waals surface area contributed by atoms with Crippen molar-refractivity contribution in [3.8, 4) is 5.88 Å². The van der Waals surface area contributed by atoms with Crippen LogP contribution in [0.4, 0.5) is 0 Å². The van der Waals surface area contributed by atoms with Crippen molar-refractivity contribution >= 4 is 0 Å². The minimum atomic E-state index is -0.644. The quantitative estimate of drug-likeness (QED) is 0.834. The van der Waals surface area contributed by atoms with Gasteiger partial charge in [-0.3, -0.25) is 14.3 Å². The zero-order valence-corrected chi connectivity index (χ0v) is 11.7. The Bertz CT molecular complexity index is 602. The maximum atomic E-state index is 12.1. The molecule has 6 heteroatoms. The van der Waals surface area contributed by atoms with Gasteiger partial charge in [0, 0.05) is 6.61 Å². The summed E-state index contributed by atoms with van der Waals surface area (Å²) in [6.45, 7) is 7.85. The topological polar surface area (TPSA) is 84.3 Å². The Morgan fingerprint density at radius 2 is 2.11 bits per heavy atom. The molecule has 0 amide bonds. The molecule has 106 valence electrons. The van der Waals surface area contributed by atoms with Crippen LogP contribution in [0.2, 0.25) is 0 Å². The average molecular weight is 268 g/mol. The highest BCUT2D eigenvalue weighted by molar-refractivity contribution is 5.27. The lowest BCUT2D eigenvalue weighted by molar-refractivity contribution is 0.0698. The number of H-pyrrole nitrogens is 1. The molecule has 1 fully saturated rings. The Morgan fingerprint density at radius 1 is 1.47 bits per heavy atom. The van der Waals surface area contributed by atoms with Gasteiger partial charge in [0.1, 0.15) is 0 Å². The molecule has 0 spiro atoms. The number of hydrogen-bond donors (Lipinski definition) is 2. The van der Waals surface area contributed by atoms with Crippen molar-refractivity contribution in [2.75, 3.05) is 6.61 Å². The molecule has 1 aliphatic heterocycles. The molecule has 0 aromatic carbocycles. The molecule has 19 heavy (non-hydrogen) atoms. The maximum absolute atomic E-state index is 12.1. The number of nitrogens with one attached hydrogen (secondary N) is 1. The van der Waals surface area contributed by atoms with E-state index in [0.717, 1.165) is 0 Å². The second-order valence-corrected chi connectivity index (χ2v) is 5.61. The van der Waals surface area contributed by atoms with E-state index in [-0.39, 0.29) is 23.5 Å². The minimum Gasteiger partial charge on any atom is -0.494 e.